The maximum atomic E-state index is 11.6. The van der Waals surface area contributed by atoms with E-state index in [4.69, 9.17) is 9.47 Å². The van der Waals surface area contributed by atoms with Gasteiger partial charge in [-0.3, -0.25) is 0 Å². The maximum absolute atomic E-state index is 11.6. The van der Waals surface area contributed by atoms with Gasteiger partial charge in [0.25, 0.3) is 0 Å². The van der Waals surface area contributed by atoms with Crippen molar-refractivity contribution in [3.63, 3.8) is 0 Å². The van der Waals surface area contributed by atoms with Crippen molar-refractivity contribution in [1.29, 1.82) is 0 Å². The number of unbranched alkanes of at least 4 members (excludes halogenated alkanes) is 1. The van der Waals surface area contributed by atoms with Gasteiger partial charge in [-0.15, -0.1) is 0 Å². The van der Waals surface area contributed by atoms with E-state index >= 15 is 0 Å². The molecule has 1 aliphatic rings. The van der Waals surface area contributed by atoms with Crippen LogP contribution in [0.4, 0.5) is 0 Å². The molecule has 1 saturated heterocycles. The van der Waals surface area contributed by atoms with E-state index in [1.54, 1.807) is 14.2 Å². The van der Waals surface area contributed by atoms with Gasteiger partial charge in [0, 0.05) is 18.0 Å². The first kappa shape index (κ1) is 20.7. The van der Waals surface area contributed by atoms with Gasteiger partial charge in [0.2, 0.25) is 0 Å². The zero-order valence-corrected chi connectivity index (χ0v) is 17.4. The highest BCUT2D eigenvalue weighted by Crippen LogP contribution is 2.45. The van der Waals surface area contributed by atoms with E-state index in [0.29, 0.717) is 6.42 Å². The van der Waals surface area contributed by atoms with E-state index in [1.807, 2.05) is 24.3 Å². The Morgan fingerprint density at radius 3 is 2.00 bits per heavy atom. The molecule has 152 valence electrons. The van der Waals surface area contributed by atoms with Crippen LogP contribution in [0.25, 0.3) is 0 Å². The lowest BCUT2D eigenvalue weighted by Gasteiger charge is -2.48. The van der Waals surface area contributed by atoms with E-state index in [0.717, 1.165) is 30.8 Å². The average molecular weight is 384 g/mol. The molecular formula is C24H33NO3. The number of benzene rings is 2. The van der Waals surface area contributed by atoms with Crippen LogP contribution in [-0.4, -0.2) is 24.9 Å². The summed E-state index contributed by atoms with van der Waals surface area (Å²) in [6, 6.07) is 16.5. The molecule has 28 heavy (non-hydrogen) atoms. The predicted molar refractivity (Wildman–Crippen MR) is 113 cm³/mol. The van der Waals surface area contributed by atoms with Crippen molar-refractivity contribution in [1.82, 2.24) is 5.32 Å². The van der Waals surface area contributed by atoms with Crippen LogP contribution >= 0.6 is 0 Å². The Balaban J connectivity index is 1.92. The van der Waals surface area contributed by atoms with Crippen LogP contribution in [0.1, 0.15) is 62.7 Å². The third-order valence-electron chi connectivity index (χ3n) is 6.24. The SMILES string of the molecule is CCCC[C@@]1(O)C[C@H](c2ccc(OC)cc2)N[C@H](c2ccc(OC)cc2)[C@@H]1C. The van der Waals surface area contributed by atoms with Gasteiger partial charge in [0.1, 0.15) is 11.5 Å². The molecule has 0 saturated carbocycles. The number of hydrogen-bond acceptors (Lipinski definition) is 4. The second kappa shape index (κ2) is 8.97. The summed E-state index contributed by atoms with van der Waals surface area (Å²) in [5.74, 6) is 1.81. The molecule has 4 heteroatoms. The molecule has 2 aromatic rings. The van der Waals surface area contributed by atoms with Crippen molar-refractivity contribution in [2.45, 2.75) is 57.2 Å². The Morgan fingerprint density at radius 2 is 1.50 bits per heavy atom. The molecule has 0 bridgehead atoms. The molecule has 0 aliphatic carbocycles. The smallest absolute Gasteiger partial charge is 0.118 e. The fourth-order valence-corrected chi connectivity index (χ4v) is 4.33. The summed E-state index contributed by atoms with van der Waals surface area (Å²) in [6.45, 7) is 4.35. The predicted octanol–water partition coefficient (Wildman–Crippen LogP) is 5.04. The molecule has 4 nitrogen and oxygen atoms in total. The third kappa shape index (κ3) is 4.34. The number of rotatable bonds is 7. The number of nitrogens with one attached hydrogen (secondary N) is 1. The van der Waals surface area contributed by atoms with E-state index in [1.165, 1.54) is 11.1 Å². The minimum Gasteiger partial charge on any atom is -0.497 e. The Morgan fingerprint density at radius 1 is 0.964 bits per heavy atom. The molecular weight excluding hydrogens is 350 g/mol. The maximum Gasteiger partial charge on any atom is 0.118 e. The molecule has 1 aliphatic heterocycles. The average Bonchev–Trinajstić information content (AvgIpc) is 2.74. The summed E-state index contributed by atoms with van der Waals surface area (Å²) in [5.41, 5.74) is 1.67. The number of aliphatic hydroxyl groups is 1. The van der Waals surface area contributed by atoms with Gasteiger partial charge in [-0.2, -0.15) is 0 Å². The Kier molecular flexibility index (Phi) is 6.63. The molecule has 4 atom stereocenters. The number of hydrogen-bond donors (Lipinski definition) is 2. The van der Waals surface area contributed by atoms with Crippen molar-refractivity contribution < 1.29 is 14.6 Å². The second-order valence-electron chi connectivity index (χ2n) is 7.94. The van der Waals surface area contributed by atoms with E-state index in [9.17, 15) is 5.11 Å². The first-order valence-corrected chi connectivity index (χ1v) is 10.3. The minimum atomic E-state index is -0.698. The zero-order valence-electron chi connectivity index (χ0n) is 17.4. The second-order valence-corrected chi connectivity index (χ2v) is 7.94. The summed E-state index contributed by atoms with van der Waals surface area (Å²) in [6.07, 6.45) is 3.66. The quantitative estimate of drug-likeness (QED) is 0.703. The lowest BCUT2D eigenvalue weighted by Crippen LogP contribution is -2.52. The fraction of sp³-hybridized carbons (Fsp3) is 0.500. The largest absolute Gasteiger partial charge is 0.497 e. The highest BCUT2D eigenvalue weighted by molar-refractivity contribution is 5.33. The van der Waals surface area contributed by atoms with Crippen molar-refractivity contribution in [2.75, 3.05) is 14.2 Å². The Hall–Kier alpha value is -2.04. The molecule has 1 heterocycles. The Bertz CT molecular complexity index is 743. The fourth-order valence-electron chi connectivity index (χ4n) is 4.33. The molecule has 2 aromatic carbocycles. The van der Waals surface area contributed by atoms with E-state index < -0.39 is 5.60 Å². The molecule has 1 fully saturated rings. The van der Waals surface area contributed by atoms with Crippen LogP contribution in [0.3, 0.4) is 0 Å². The third-order valence-corrected chi connectivity index (χ3v) is 6.24. The summed E-state index contributed by atoms with van der Waals surface area (Å²) in [5, 5.41) is 15.4. The molecule has 0 aromatic heterocycles. The minimum absolute atomic E-state index is 0.0774. The molecule has 0 amide bonds. The summed E-state index contributed by atoms with van der Waals surface area (Å²) in [4.78, 5) is 0. The molecule has 3 rings (SSSR count). The van der Waals surface area contributed by atoms with Crippen LogP contribution in [0.15, 0.2) is 48.5 Å². The first-order valence-electron chi connectivity index (χ1n) is 10.3. The monoisotopic (exact) mass is 383 g/mol. The molecule has 0 spiro atoms. The van der Waals surface area contributed by atoms with Crippen molar-refractivity contribution in [2.24, 2.45) is 5.92 Å². The van der Waals surface area contributed by atoms with Crippen LogP contribution < -0.4 is 14.8 Å². The van der Waals surface area contributed by atoms with Crippen LogP contribution in [0.2, 0.25) is 0 Å². The van der Waals surface area contributed by atoms with E-state index in [-0.39, 0.29) is 18.0 Å². The van der Waals surface area contributed by atoms with Gasteiger partial charge in [0.15, 0.2) is 0 Å². The van der Waals surface area contributed by atoms with E-state index in [2.05, 4.69) is 43.4 Å². The lowest BCUT2D eigenvalue weighted by molar-refractivity contribution is -0.0752. The summed E-state index contributed by atoms with van der Waals surface area (Å²) in [7, 11) is 3.36. The van der Waals surface area contributed by atoms with Gasteiger partial charge < -0.3 is 19.9 Å². The molecule has 0 radical (unpaired) electrons. The standard InChI is InChI=1S/C24H33NO3/c1-5-6-15-24(26)16-22(18-7-11-20(27-3)12-8-18)25-23(17(24)2)19-9-13-21(28-4)14-10-19/h7-14,17,22-23,25-26H,5-6,15-16H2,1-4H3/t17-,22+,23-,24+/m0/s1. The van der Waals surface area contributed by atoms with Gasteiger partial charge in [0.05, 0.1) is 19.8 Å². The van der Waals surface area contributed by atoms with Crippen molar-refractivity contribution >= 4 is 0 Å². The van der Waals surface area contributed by atoms with Crippen LogP contribution in [0.5, 0.6) is 11.5 Å². The number of piperidine rings is 1. The van der Waals surface area contributed by atoms with Crippen LogP contribution in [0, 0.1) is 5.92 Å². The topological polar surface area (TPSA) is 50.7 Å². The number of ether oxygens (including phenoxy) is 2. The molecule has 2 N–H and O–H groups in total. The van der Waals surface area contributed by atoms with Gasteiger partial charge >= 0.3 is 0 Å². The Labute approximate surface area is 168 Å². The highest BCUT2D eigenvalue weighted by Gasteiger charge is 2.45. The summed E-state index contributed by atoms with van der Waals surface area (Å²) < 4.78 is 10.6. The van der Waals surface area contributed by atoms with Crippen molar-refractivity contribution in [3.8, 4) is 11.5 Å². The highest BCUT2D eigenvalue weighted by atomic mass is 16.5. The van der Waals surface area contributed by atoms with Crippen molar-refractivity contribution in [3.05, 3.63) is 59.7 Å². The first-order chi connectivity index (χ1) is 13.5. The molecule has 0 unspecified atom stereocenters. The lowest BCUT2D eigenvalue weighted by atomic mass is 9.70. The van der Waals surface area contributed by atoms with Gasteiger partial charge in [-0.25, -0.2) is 0 Å². The van der Waals surface area contributed by atoms with Gasteiger partial charge in [-0.1, -0.05) is 51.0 Å². The zero-order chi connectivity index (χ0) is 20.1. The normalized spacial score (nSPS) is 27.4. The van der Waals surface area contributed by atoms with Crippen LogP contribution in [-0.2, 0) is 0 Å². The van der Waals surface area contributed by atoms with Gasteiger partial charge in [-0.05, 0) is 48.2 Å². The summed E-state index contributed by atoms with van der Waals surface area (Å²) >= 11 is 0. The number of methoxy groups -OCH3 is 2.